The molecule has 0 fully saturated rings. The molecule has 102 valence electrons. The normalized spacial score (nSPS) is 11.1. The summed E-state index contributed by atoms with van der Waals surface area (Å²) in [5.41, 5.74) is 1.17. The number of aromatic nitrogens is 2. The highest BCUT2D eigenvalue weighted by atomic mass is 127. The first kappa shape index (κ1) is 13.3. The topological polar surface area (TPSA) is 68.1 Å². The number of para-hydroxylation sites is 1. The maximum absolute atomic E-state index is 11.9. The number of benzene rings is 1. The minimum absolute atomic E-state index is 0.192. The first-order valence-corrected chi connectivity index (χ1v) is 7.03. The van der Waals surface area contributed by atoms with Crippen LogP contribution in [0.1, 0.15) is 5.69 Å². The molecule has 3 aromatic rings. The van der Waals surface area contributed by atoms with Gasteiger partial charge >= 0.3 is 0 Å². The Bertz CT molecular complexity index is 790. The third-order valence-electron chi connectivity index (χ3n) is 2.87. The summed E-state index contributed by atoms with van der Waals surface area (Å²) in [4.78, 5) is 19.1. The summed E-state index contributed by atoms with van der Waals surface area (Å²) in [5, 5.41) is 0.969. The van der Waals surface area contributed by atoms with Gasteiger partial charge in [0.2, 0.25) is 0 Å². The molecule has 2 aromatic heterocycles. The molecule has 3 rings (SSSR count). The molecule has 0 unspecified atom stereocenters. The minimum atomic E-state index is -0.192. The van der Waals surface area contributed by atoms with Gasteiger partial charge in [-0.2, -0.15) is 0 Å². The van der Waals surface area contributed by atoms with Crippen LogP contribution >= 0.6 is 22.6 Å². The van der Waals surface area contributed by atoms with Gasteiger partial charge in [0.25, 0.3) is 5.56 Å². The molecule has 0 amide bonds. The van der Waals surface area contributed by atoms with Crippen molar-refractivity contribution in [2.24, 2.45) is 0 Å². The Hall–Kier alpha value is -1.67. The number of rotatable bonds is 3. The molecule has 0 bridgehead atoms. The van der Waals surface area contributed by atoms with Gasteiger partial charge in [-0.3, -0.25) is 4.79 Å². The zero-order valence-corrected chi connectivity index (χ0v) is 12.8. The lowest BCUT2D eigenvalue weighted by atomic mass is 10.2. The van der Waals surface area contributed by atoms with E-state index in [9.17, 15) is 4.79 Å². The third kappa shape index (κ3) is 2.36. The van der Waals surface area contributed by atoms with Crippen LogP contribution < -0.4 is 5.56 Å². The molecule has 0 radical (unpaired) electrons. The molecule has 2 heterocycles. The molecule has 0 aliphatic heterocycles. The van der Waals surface area contributed by atoms with Crippen molar-refractivity contribution in [1.29, 1.82) is 0 Å². The Labute approximate surface area is 128 Å². The van der Waals surface area contributed by atoms with Crippen molar-refractivity contribution in [1.82, 2.24) is 9.97 Å². The molecule has 1 aromatic carbocycles. The van der Waals surface area contributed by atoms with Crippen molar-refractivity contribution in [2.45, 2.75) is 6.61 Å². The number of furan rings is 1. The molecule has 0 atom stereocenters. The average Bonchev–Trinajstić information content (AvgIpc) is 2.87. The summed E-state index contributed by atoms with van der Waals surface area (Å²) < 4.78 is 11.3. The predicted molar refractivity (Wildman–Crippen MR) is 83.5 cm³/mol. The second-order valence-electron chi connectivity index (χ2n) is 4.26. The number of halogens is 1. The zero-order valence-electron chi connectivity index (χ0n) is 10.6. The van der Waals surface area contributed by atoms with Crippen molar-refractivity contribution >= 4 is 33.6 Å². The van der Waals surface area contributed by atoms with E-state index in [2.05, 4.69) is 9.97 Å². The van der Waals surface area contributed by atoms with E-state index in [1.165, 1.54) is 0 Å². The van der Waals surface area contributed by atoms with Crippen LogP contribution in [0.15, 0.2) is 39.5 Å². The van der Waals surface area contributed by atoms with Gasteiger partial charge in [-0.25, -0.2) is 4.98 Å². The highest BCUT2D eigenvalue weighted by Gasteiger charge is 2.13. The van der Waals surface area contributed by atoms with Crippen molar-refractivity contribution < 1.29 is 9.15 Å². The minimum Gasteiger partial charge on any atom is -0.453 e. The number of hydrogen-bond acceptors (Lipinski definition) is 4. The monoisotopic (exact) mass is 382 g/mol. The molecule has 1 N–H and O–H groups in total. The molecule has 0 spiro atoms. The predicted octanol–water partition coefficient (Wildman–Crippen LogP) is 2.93. The van der Waals surface area contributed by atoms with E-state index in [-0.39, 0.29) is 12.2 Å². The fourth-order valence-electron chi connectivity index (χ4n) is 1.95. The van der Waals surface area contributed by atoms with Gasteiger partial charge in [0.15, 0.2) is 11.6 Å². The van der Waals surface area contributed by atoms with Gasteiger partial charge in [0, 0.05) is 12.5 Å². The number of nitrogens with zero attached hydrogens (tertiary/aromatic N) is 1. The molecular weight excluding hydrogens is 371 g/mol. The molecular formula is C14H11IN2O3. The first-order valence-electron chi connectivity index (χ1n) is 5.95. The van der Waals surface area contributed by atoms with Crippen molar-refractivity contribution in [3.8, 4) is 11.6 Å². The number of methoxy groups -OCH3 is 1. The van der Waals surface area contributed by atoms with Gasteiger partial charge < -0.3 is 14.1 Å². The first-order chi connectivity index (χ1) is 9.69. The SMILES string of the molecule is COCc1nc(-c2cc3ccccc3o2)[nH]c(=O)c1I. The maximum Gasteiger partial charge on any atom is 0.265 e. The highest BCUT2D eigenvalue weighted by molar-refractivity contribution is 14.1. The van der Waals surface area contributed by atoms with E-state index in [0.717, 1.165) is 11.0 Å². The summed E-state index contributed by atoms with van der Waals surface area (Å²) >= 11 is 1.96. The van der Waals surface area contributed by atoms with Gasteiger partial charge in [-0.05, 0) is 34.7 Å². The molecule has 6 heteroatoms. The number of ether oxygens (including phenoxy) is 1. The molecule has 5 nitrogen and oxygen atoms in total. The number of hydrogen-bond donors (Lipinski definition) is 1. The smallest absolute Gasteiger partial charge is 0.265 e. The summed E-state index contributed by atoms with van der Waals surface area (Å²) in [7, 11) is 1.57. The largest absolute Gasteiger partial charge is 0.453 e. The Morgan fingerprint density at radius 2 is 2.20 bits per heavy atom. The van der Waals surface area contributed by atoms with E-state index in [4.69, 9.17) is 9.15 Å². The van der Waals surface area contributed by atoms with Crippen LogP contribution in [0.5, 0.6) is 0 Å². The van der Waals surface area contributed by atoms with Crippen LogP contribution in [0.4, 0.5) is 0 Å². The van der Waals surface area contributed by atoms with Crippen LogP contribution in [-0.4, -0.2) is 17.1 Å². The van der Waals surface area contributed by atoms with Crippen LogP contribution in [0, 0.1) is 3.57 Å². The summed E-state index contributed by atoms with van der Waals surface area (Å²) in [6.07, 6.45) is 0. The van der Waals surface area contributed by atoms with Gasteiger partial charge in [-0.1, -0.05) is 18.2 Å². The number of H-pyrrole nitrogens is 1. The number of aromatic amines is 1. The van der Waals surface area contributed by atoms with Crippen molar-refractivity contribution in [3.05, 3.63) is 49.9 Å². The highest BCUT2D eigenvalue weighted by Crippen LogP contribution is 2.25. The van der Waals surface area contributed by atoms with Gasteiger partial charge in [0.05, 0.1) is 12.3 Å². The molecule has 0 saturated heterocycles. The Kier molecular flexibility index (Phi) is 3.58. The fourth-order valence-corrected chi connectivity index (χ4v) is 2.36. The molecule has 20 heavy (non-hydrogen) atoms. The Morgan fingerprint density at radius 3 is 2.95 bits per heavy atom. The van der Waals surface area contributed by atoms with Gasteiger partial charge in [0.1, 0.15) is 9.15 Å². The lowest BCUT2D eigenvalue weighted by Gasteiger charge is -2.03. The van der Waals surface area contributed by atoms with Crippen molar-refractivity contribution in [2.75, 3.05) is 7.11 Å². The molecule has 0 saturated carbocycles. The van der Waals surface area contributed by atoms with E-state index in [1.807, 2.05) is 52.9 Å². The number of nitrogens with one attached hydrogen (secondary N) is 1. The third-order valence-corrected chi connectivity index (χ3v) is 3.98. The van der Waals surface area contributed by atoms with Crippen LogP contribution in [0.3, 0.4) is 0 Å². The van der Waals surface area contributed by atoms with E-state index >= 15 is 0 Å². The Morgan fingerprint density at radius 1 is 1.40 bits per heavy atom. The lowest BCUT2D eigenvalue weighted by Crippen LogP contribution is -2.16. The maximum atomic E-state index is 11.9. The second-order valence-corrected chi connectivity index (χ2v) is 5.34. The second kappa shape index (κ2) is 5.37. The van der Waals surface area contributed by atoms with Crippen LogP contribution in [-0.2, 0) is 11.3 Å². The standard InChI is InChI=1S/C14H11IN2O3/c1-19-7-9-12(15)14(18)17-13(16-9)11-6-8-4-2-3-5-10(8)20-11/h2-6H,7H2,1H3,(H,16,17,18). The van der Waals surface area contributed by atoms with Crippen LogP contribution in [0.25, 0.3) is 22.6 Å². The quantitative estimate of drug-likeness (QED) is 0.708. The lowest BCUT2D eigenvalue weighted by molar-refractivity contribution is 0.180. The zero-order chi connectivity index (χ0) is 14.1. The van der Waals surface area contributed by atoms with Crippen molar-refractivity contribution in [3.63, 3.8) is 0 Å². The van der Waals surface area contributed by atoms with E-state index < -0.39 is 0 Å². The molecule has 0 aliphatic rings. The summed E-state index contributed by atoms with van der Waals surface area (Å²) in [6, 6.07) is 9.51. The average molecular weight is 382 g/mol. The van der Waals surface area contributed by atoms with E-state index in [0.29, 0.717) is 20.8 Å². The fraction of sp³-hybridized carbons (Fsp3) is 0.143. The summed E-state index contributed by atoms with van der Waals surface area (Å²) in [6.45, 7) is 0.287. The summed E-state index contributed by atoms with van der Waals surface area (Å²) in [5.74, 6) is 0.954. The van der Waals surface area contributed by atoms with Crippen LogP contribution in [0.2, 0.25) is 0 Å². The molecule has 0 aliphatic carbocycles. The Balaban J connectivity index is 2.16. The number of fused-ring (bicyclic) bond motifs is 1. The van der Waals surface area contributed by atoms with Gasteiger partial charge in [-0.15, -0.1) is 0 Å². The van der Waals surface area contributed by atoms with E-state index in [1.54, 1.807) is 7.11 Å².